The fourth-order valence-corrected chi connectivity index (χ4v) is 14.0. The summed E-state index contributed by atoms with van der Waals surface area (Å²) in [4.78, 5) is 11.3. The number of fused-ring (bicyclic) bond motifs is 12. The molecule has 13 aromatic carbocycles. The van der Waals surface area contributed by atoms with Crippen LogP contribution in [0.25, 0.3) is 166 Å². The Hall–Kier alpha value is -11.9. The standard InChI is InChI=1S/C82H52N6/c1-3-21-53(22-4-1)58-46-59(54-23-5-2-6-24-54)48-60(47-58)55-25-19-26-56(45-55)72-52-73(84-82(83-72)88-79-40-18-12-34-69(79)71-51-63(42-44-81(71)88)87-76-37-15-9-31-66(76)67-32-10-16-38-77(67)87)57-27-20-28-61(49-57)85-78-39-17-11-33-68(78)70-50-62(41-43-80(70)85)86-74-35-13-7-29-64(74)65-30-8-14-36-75(65)86/h1-52H. The van der Waals surface area contributed by atoms with Crippen LogP contribution in [-0.2, 0) is 0 Å². The molecule has 0 spiro atoms. The molecule has 88 heavy (non-hydrogen) atoms. The zero-order valence-electron chi connectivity index (χ0n) is 47.7. The normalized spacial score (nSPS) is 11.9. The Bertz CT molecular complexity index is 5660. The number of aromatic nitrogens is 6. The van der Waals surface area contributed by atoms with Gasteiger partial charge in [-0.3, -0.25) is 4.57 Å². The Morgan fingerprint density at radius 3 is 0.909 bits per heavy atom. The molecule has 410 valence electrons. The van der Waals surface area contributed by atoms with Crippen LogP contribution in [0.2, 0.25) is 0 Å². The van der Waals surface area contributed by atoms with Gasteiger partial charge in [-0.15, -0.1) is 0 Å². The Balaban J connectivity index is 0.829. The fraction of sp³-hybridized carbons (Fsp3) is 0. The molecule has 6 heteroatoms. The zero-order chi connectivity index (χ0) is 57.8. The van der Waals surface area contributed by atoms with E-state index in [1.807, 2.05) is 0 Å². The predicted octanol–water partition coefficient (Wildman–Crippen LogP) is 21.2. The van der Waals surface area contributed by atoms with Crippen molar-refractivity contribution in [2.24, 2.45) is 0 Å². The summed E-state index contributed by atoms with van der Waals surface area (Å²) in [6.07, 6.45) is 0. The van der Waals surface area contributed by atoms with Gasteiger partial charge in [-0.2, -0.15) is 0 Å². The predicted molar refractivity (Wildman–Crippen MR) is 367 cm³/mol. The van der Waals surface area contributed by atoms with Gasteiger partial charge in [0.05, 0.1) is 55.5 Å². The molecule has 18 rings (SSSR count). The van der Waals surface area contributed by atoms with Gasteiger partial charge >= 0.3 is 0 Å². The lowest BCUT2D eigenvalue weighted by Gasteiger charge is -2.15. The second-order valence-electron chi connectivity index (χ2n) is 22.9. The number of rotatable bonds is 9. The maximum absolute atomic E-state index is 5.67. The number of para-hydroxylation sites is 6. The van der Waals surface area contributed by atoms with E-state index in [-0.39, 0.29) is 0 Å². The van der Waals surface area contributed by atoms with Crippen LogP contribution >= 0.6 is 0 Å². The van der Waals surface area contributed by atoms with Crippen molar-refractivity contribution >= 4 is 87.2 Å². The zero-order valence-corrected chi connectivity index (χ0v) is 47.7. The van der Waals surface area contributed by atoms with Crippen molar-refractivity contribution in [3.05, 3.63) is 315 Å². The highest BCUT2D eigenvalue weighted by Crippen LogP contribution is 2.42. The summed E-state index contributed by atoms with van der Waals surface area (Å²) in [5, 5.41) is 9.57. The molecule has 5 aromatic heterocycles. The molecule has 0 saturated carbocycles. The van der Waals surface area contributed by atoms with Crippen molar-refractivity contribution in [3.8, 4) is 78.9 Å². The van der Waals surface area contributed by atoms with Crippen LogP contribution in [0.4, 0.5) is 0 Å². The van der Waals surface area contributed by atoms with E-state index >= 15 is 0 Å². The lowest BCUT2D eigenvalue weighted by atomic mass is 9.92. The topological polar surface area (TPSA) is 45.5 Å². The Labute approximate surface area is 507 Å². The third-order valence-corrected chi connectivity index (χ3v) is 17.9. The SMILES string of the molecule is c1ccc(-c2cc(-c3ccccc3)cc(-c3cccc(-c4cc(-c5cccc(-n6c7ccccc7c7cc(-n8c9ccccc9c9ccccc98)ccc76)c5)nc(-n5c6ccccc6c6cc(-n7c8ccccc8c8ccccc87)ccc65)n4)c3)c2)cc1. The van der Waals surface area contributed by atoms with E-state index in [0.29, 0.717) is 5.95 Å². The highest BCUT2D eigenvalue weighted by molar-refractivity contribution is 6.14. The average Bonchev–Trinajstić information content (AvgIpc) is 1.66. The van der Waals surface area contributed by atoms with Gasteiger partial charge in [0.2, 0.25) is 5.95 Å². The van der Waals surface area contributed by atoms with E-state index < -0.39 is 0 Å². The number of hydrogen-bond donors (Lipinski definition) is 0. The molecule has 0 amide bonds. The molecule has 0 aliphatic carbocycles. The van der Waals surface area contributed by atoms with Gasteiger partial charge in [0.25, 0.3) is 0 Å². The van der Waals surface area contributed by atoms with Gasteiger partial charge in [0.1, 0.15) is 0 Å². The van der Waals surface area contributed by atoms with Gasteiger partial charge in [0.15, 0.2) is 0 Å². The largest absolute Gasteiger partial charge is 0.309 e. The van der Waals surface area contributed by atoms with Crippen LogP contribution < -0.4 is 0 Å². The van der Waals surface area contributed by atoms with Gasteiger partial charge in [-0.05, 0) is 149 Å². The number of benzene rings is 13. The van der Waals surface area contributed by atoms with Crippen molar-refractivity contribution < 1.29 is 0 Å². The quantitative estimate of drug-likeness (QED) is 0.145. The summed E-state index contributed by atoms with van der Waals surface area (Å²) in [7, 11) is 0. The van der Waals surface area contributed by atoms with Gasteiger partial charge in [-0.1, -0.05) is 200 Å². The van der Waals surface area contributed by atoms with Gasteiger partial charge < -0.3 is 13.7 Å². The summed E-state index contributed by atoms with van der Waals surface area (Å²) < 4.78 is 9.47. The van der Waals surface area contributed by atoms with Crippen LogP contribution in [0.1, 0.15) is 0 Å². The second kappa shape index (κ2) is 19.9. The molecule has 18 aromatic rings. The van der Waals surface area contributed by atoms with Crippen LogP contribution in [0.15, 0.2) is 315 Å². The lowest BCUT2D eigenvalue weighted by molar-refractivity contribution is 0.995. The molecule has 0 unspecified atom stereocenters. The first-order chi connectivity index (χ1) is 43.6. The number of nitrogens with zero attached hydrogens (tertiary/aromatic N) is 6. The average molecular weight is 1120 g/mol. The van der Waals surface area contributed by atoms with Crippen molar-refractivity contribution in [1.29, 1.82) is 0 Å². The third kappa shape index (κ3) is 7.89. The summed E-state index contributed by atoms with van der Waals surface area (Å²) in [5.74, 6) is 0.589. The first-order valence-electron chi connectivity index (χ1n) is 30.0. The van der Waals surface area contributed by atoms with Crippen LogP contribution in [-0.4, -0.2) is 28.2 Å². The Kier molecular flexibility index (Phi) is 11.2. The minimum absolute atomic E-state index is 0.589. The third-order valence-electron chi connectivity index (χ3n) is 17.9. The van der Waals surface area contributed by atoms with E-state index in [1.54, 1.807) is 0 Å². The van der Waals surface area contributed by atoms with Crippen molar-refractivity contribution in [2.45, 2.75) is 0 Å². The Morgan fingerprint density at radius 1 is 0.170 bits per heavy atom. The Morgan fingerprint density at radius 2 is 0.466 bits per heavy atom. The first kappa shape index (κ1) is 49.6. The van der Waals surface area contributed by atoms with Gasteiger partial charge in [-0.25, -0.2) is 9.97 Å². The van der Waals surface area contributed by atoms with E-state index in [1.165, 1.54) is 65.5 Å². The highest BCUT2D eigenvalue weighted by atomic mass is 15.2. The lowest BCUT2D eigenvalue weighted by Crippen LogP contribution is -2.04. The van der Waals surface area contributed by atoms with Crippen LogP contribution in [0.3, 0.4) is 0 Å². The maximum Gasteiger partial charge on any atom is 0.235 e. The molecule has 0 bridgehead atoms. The fourth-order valence-electron chi connectivity index (χ4n) is 14.0. The molecule has 0 atom stereocenters. The summed E-state index contributed by atoms with van der Waals surface area (Å²) in [6.45, 7) is 0. The molecule has 0 radical (unpaired) electrons. The van der Waals surface area contributed by atoms with Crippen LogP contribution in [0, 0.1) is 0 Å². The highest BCUT2D eigenvalue weighted by Gasteiger charge is 2.22. The van der Waals surface area contributed by atoms with E-state index in [9.17, 15) is 0 Å². The molecule has 0 saturated heterocycles. The molecule has 5 heterocycles. The summed E-state index contributed by atoms with van der Waals surface area (Å²) >= 11 is 0. The number of hydrogen-bond acceptors (Lipinski definition) is 2. The minimum atomic E-state index is 0.589. The molecular weight excluding hydrogens is 1070 g/mol. The van der Waals surface area contributed by atoms with E-state index in [4.69, 9.17) is 9.97 Å². The van der Waals surface area contributed by atoms with Crippen molar-refractivity contribution in [3.63, 3.8) is 0 Å². The second-order valence-corrected chi connectivity index (χ2v) is 22.9. The van der Waals surface area contributed by atoms with E-state index in [0.717, 1.165) is 94.7 Å². The minimum Gasteiger partial charge on any atom is -0.309 e. The molecule has 0 N–H and O–H groups in total. The van der Waals surface area contributed by atoms with Crippen molar-refractivity contribution in [2.75, 3.05) is 0 Å². The first-order valence-corrected chi connectivity index (χ1v) is 30.0. The smallest absolute Gasteiger partial charge is 0.235 e. The monoisotopic (exact) mass is 1120 g/mol. The maximum atomic E-state index is 5.67. The molecular formula is C82H52N6. The van der Waals surface area contributed by atoms with Crippen LogP contribution in [0.5, 0.6) is 0 Å². The van der Waals surface area contributed by atoms with Gasteiger partial charge in [0, 0.05) is 71.3 Å². The molecule has 0 fully saturated rings. The molecule has 0 aliphatic heterocycles. The van der Waals surface area contributed by atoms with Crippen molar-refractivity contribution in [1.82, 2.24) is 28.2 Å². The molecule has 6 nitrogen and oxygen atoms in total. The van der Waals surface area contributed by atoms with E-state index in [2.05, 4.69) is 334 Å². The summed E-state index contributed by atoms with van der Waals surface area (Å²) in [6, 6.07) is 114. The molecule has 0 aliphatic rings. The summed E-state index contributed by atoms with van der Waals surface area (Å²) in [5.41, 5.74) is 22.8.